The molecule has 0 atom stereocenters. The first-order valence-corrected chi connectivity index (χ1v) is 7.12. The van der Waals surface area contributed by atoms with Crippen molar-refractivity contribution >= 4 is 16.8 Å². The van der Waals surface area contributed by atoms with E-state index in [0.29, 0.717) is 17.4 Å². The van der Waals surface area contributed by atoms with Crippen LogP contribution in [0.2, 0.25) is 0 Å². The molecule has 0 saturated heterocycles. The maximum absolute atomic E-state index is 12.3. The van der Waals surface area contributed by atoms with Gasteiger partial charge in [0.2, 0.25) is 5.91 Å². The van der Waals surface area contributed by atoms with Gasteiger partial charge in [0, 0.05) is 6.54 Å². The van der Waals surface area contributed by atoms with Crippen LogP contribution in [0.4, 0.5) is 0 Å². The molecule has 7 nitrogen and oxygen atoms in total. The van der Waals surface area contributed by atoms with Gasteiger partial charge in [0.1, 0.15) is 6.54 Å². The SMILES string of the molecule is CN(C)CCCNC(=O)Cn1c(=O)[nH]c2ccccc2c1=O. The van der Waals surface area contributed by atoms with Crippen molar-refractivity contribution < 1.29 is 4.79 Å². The van der Waals surface area contributed by atoms with E-state index < -0.39 is 11.2 Å². The number of H-pyrrole nitrogens is 1. The lowest BCUT2D eigenvalue weighted by atomic mass is 10.2. The third kappa shape index (κ3) is 3.82. The molecule has 2 N–H and O–H groups in total. The molecular formula is C15H20N4O3. The van der Waals surface area contributed by atoms with Gasteiger partial charge in [-0.25, -0.2) is 4.79 Å². The molecule has 1 aromatic heterocycles. The summed E-state index contributed by atoms with van der Waals surface area (Å²) in [5.41, 5.74) is -0.560. The molecule has 0 fully saturated rings. The van der Waals surface area contributed by atoms with Gasteiger partial charge in [0.25, 0.3) is 5.56 Å². The monoisotopic (exact) mass is 304 g/mol. The van der Waals surface area contributed by atoms with Crippen molar-refractivity contribution in [1.29, 1.82) is 0 Å². The normalized spacial score (nSPS) is 11.0. The summed E-state index contributed by atoms with van der Waals surface area (Å²) < 4.78 is 0.920. The molecule has 0 bridgehead atoms. The zero-order valence-electron chi connectivity index (χ0n) is 12.8. The maximum atomic E-state index is 12.3. The molecule has 22 heavy (non-hydrogen) atoms. The average Bonchev–Trinajstić information content (AvgIpc) is 2.48. The highest BCUT2D eigenvalue weighted by Gasteiger charge is 2.10. The molecule has 0 spiro atoms. The number of fused-ring (bicyclic) bond motifs is 1. The number of para-hydroxylation sites is 1. The van der Waals surface area contributed by atoms with E-state index in [1.165, 1.54) is 0 Å². The second kappa shape index (κ2) is 7.04. The Balaban J connectivity index is 2.10. The Labute approximate surface area is 127 Å². The topological polar surface area (TPSA) is 87.2 Å². The van der Waals surface area contributed by atoms with Gasteiger partial charge in [0.05, 0.1) is 10.9 Å². The van der Waals surface area contributed by atoms with E-state index in [4.69, 9.17) is 0 Å². The number of carbonyl (C=O) groups excluding carboxylic acids is 1. The zero-order valence-corrected chi connectivity index (χ0v) is 12.8. The lowest BCUT2D eigenvalue weighted by Crippen LogP contribution is -2.41. The summed E-state index contributed by atoms with van der Waals surface area (Å²) >= 11 is 0. The number of carbonyl (C=O) groups is 1. The number of amides is 1. The predicted octanol–water partition coefficient (Wildman–Crippen LogP) is -0.242. The second-order valence-corrected chi connectivity index (χ2v) is 5.37. The van der Waals surface area contributed by atoms with Crippen LogP contribution in [0, 0.1) is 0 Å². The molecule has 0 aliphatic heterocycles. The van der Waals surface area contributed by atoms with E-state index in [9.17, 15) is 14.4 Å². The lowest BCUT2D eigenvalue weighted by molar-refractivity contribution is -0.121. The number of rotatable bonds is 6. The summed E-state index contributed by atoms with van der Waals surface area (Å²) in [4.78, 5) is 40.7. The van der Waals surface area contributed by atoms with E-state index in [1.807, 2.05) is 19.0 Å². The molecule has 2 aromatic rings. The summed E-state index contributed by atoms with van der Waals surface area (Å²) in [5, 5.41) is 3.10. The Hall–Kier alpha value is -2.41. The average molecular weight is 304 g/mol. The van der Waals surface area contributed by atoms with Crippen molar-refractivity contribution in [1.82, 2.24) is 19.8 Å². The first-order chi connectivity index (χ1) is 10.5. The molecule has 0 radical (unpaired) electrons. The highest BCUT2D eigenvalue weighted by molar-refractivity contribution is 5.78. The van der Waals surface area contributed by atoms with E-state index in [1.54, 1.807) is 24.3 Å². The van der Waals surface area contributed by atoms with Gasteiger partial charge in [-0.3, -0.25) is 14.2 Å². The fourth-order valence-electron chi connectivity index (χ4n) is 2.17. The van der Waals surface area contributed by atoms with Crippen LogP contribution in [0.25, 0.3) is 10.9 Å². The van der Waals surface area contributed by atoms with Crippen molar-refractivity contribution in [2.75, 3.05) is 27.2 Å². The van der Waals surface area contributed by atoms with Crippen LogP contribution < -0.4 is 16.6 Å². The highest BCUT2D eigenvalue weighted by Crippen LogP contribution is 2.02. The molecular weight excluding hydrogens is 284 g/mol. The fraction of sp³-hybridized carbons (Fsp3) is 0.400. The number of nitrogens with one attached hydrogen (secondary N) is 2. The molecule has 0 unspecified atom stereocenters. The van der Waals surface area contributed by atoms with Crippen LogP contribution in [0.3, 0.4) is 0 Å². The second-order valence-electron chi connectivity index (χ2n) is 5.37. The smallest absolute Gasteiger partial charge is 0.329 e. The van der Waals surface area contributed by atoms with Crippen LogP contribution in [0.5, 0.6) is 0 Å². The highest BCUT2D eigenvalue weighted by atomic mass is 16.2. The van der Waals surface area contributed by atoms with Crippen LogP contribution in [0.1, 0.15) is 6.42 Å². The Kier molecular flexibility index (Phi) is 5.11. The zero-order chi connectivity index (χ0) is 16.1. The van der Waals surface area contributed by atoms with Gasteiger partial charge in [-0.1, -0.05) is 12.1 Å². The van der Waals surface area contributed by atoms with Crippen molar-refractivity contribution in [2.24, 2.45) is 0 Å². The minimum absolute atomic E-state index is 0.277. The summed E-state index contributed by atoms with van der Waals surface area (Å²) in [6.45, 7) is 1.09. The Bertz CT molecular complexity index is 776. The Morgan fingerprint density at radius 2 is 2.00 bits per heavy atom. The van der Waals surface area contributed by atoms with Crippen molar-refractivity contribution in [3.05, 3.63) is 45.1 Å². The number of aromatic nitrogens is 2. The number of aromatic amines is 1. The molecule has 118 valence electrons. The van der Waals surface area contributed by atoms with E-state index in [0.717, 1.165) is 17.5 Å². The van der Waals surface area contributed by atoms with Crippen molar-refractivity contribution in [3.8, 4) is 0 Å². The summed E-state index contributed by atoms with van der Waals surface area (Å²) in [6, 6.07) is 6.73. The van der Waals surface area contributed by atoms with Gasteiger partial charge < -0.3 is 15.2 Å². The fourth-order valence-corrected chi connectivity index (χ4v) is 2.17. The molecule has 1 heterocycles. The van der Waals surface area contributed by atoms with Gasteiger partial charge in [-0.2, -0.15) is 0 Å². The minimum atomic E-state index is -0.577. The van der Waals surface area contributed by atoms with Crippen LogP contribution >= 0.6 is 0 Å². The molecule has 0 aliphatic carbocycles. The molecule has 2 rings (SSSR count). The predicted molar refractivity (Wildman–Crippen MR) is 85.0 cm³/mol. The van der Waals surface area contributed by atoms with Crippen LogP contribution in [0.15, 0.2) is 33.9 Å². The molecule has 0 aliphatic rings. The first-order valence-electron chi connectivity index (χ1n) is 7.12. The Morgan fingerprint density at radius 3 is 2.73 bits per heavy atom. The summed E-state index contributed by atoms with van der Waals surface area (Å²) in [7, 11) is 3.91. The number of hydrogen-bond donors (Lipinski definition) is 2. The Morgan fingerprint density at radius 1 is 1.27 bits per heavy atom. The number of benzene rings is 1. The minimum Gasteiger partial charge on any atom is -0.354 e. The standard InChI is InChI=1S/C15H20N4O3/c1-18(2)9-5-8-16-13(20)10-19-14(21)11-6-3-4-7-12(11)17-15(19)22/h3-4,6-7H,5,8-10H2,1-2H3,(H,16,20)(H,17,22). The summed E-state index contributed by atoms with van der Waals surface area (Å²) in [6.07, 6.45) is 0.807. The van der Waals surface area contributed by atoms with E-state index in [-0.39, 0.29) is 12.5 Å². The number of nitrogens with zero attached hydrogens (tertiary/aromatic N) is 2. The van der Waals surface area contributed by atoms with Crippen molar-refractivity contribution in [3.63, 3.8) is 0 Å². The van der Waals surface area contributed by atoms with E-state index in [2.05, 4.69) is 10.3 Å². The van der Waals surface area contributed by atoms with E-state index >= 15 is 0 Å². The van der Waals surface area contributed by atoms with Gasteiger partial charge in [-0.15, -0.1) is 0 Å². The number of hydrogen-bond acceptors (Lipinski definition) is 4. The molecule has 1 amide bonds. The molecule has 7 heteroatoms. The largest absolute Gasteiger partial charge is 0.354 e. The lowest BCUT2D eigenvalue weighted by Gasteiger charge is -2.10. The van der Waals surface area contributed by atoms with Crippen LogP contribution in [-0.2, 0) is 11.3 Å². The first kappa shape index (κ1) is 16.0. The van der Waals surface area contributed by atoms with Gasteiger partial charge in [-0.05, 0) is 39.2 Å². The summed E-state index contributed by atoms with van der Waals surface area (Å²) in [5.74, 6) is -0.346. The third-order valence-corrected chi connectivity index (χ3v) is 3.30. The van der Waals surface area contributed by atoms with Gasteiger partial charge in [0.15, 0.2) is 0 Å². The quantitative estimate of drug-likeness (QED) is 0.721. The van der Waals surface area contributed by atoms with Gasteiger partial charge >= 0.3 is 5.69 Å². The maximum Gasteiger partial charge on any atom is 0.329 e. The van der Waals surface area contributed by atoms with Crippen molar-refractivity contribution in [2.45, 2.75) is 13.0 Å². The third-order valence-electron chi connectivity index (χ3n) is 3.30. The molecule has 1 aromatic carbocycles. The molecule has 0 saturated carbocycles. The van der Waals surface area contributed by atoms with Crippen LogP contribution in [-0.4, -0.2) is 47.5 Å².